The lowest BCUT2D eigenvalue weighted by molar-refractivity contribution is -0.149. The molecule has 0 aromatic heterocycles. The highest BCUT2D eigenvalue weighted by atomic mass is 16.5. The number of carbonyl (C=O) groups is 4. The molecule has 1 fully saturated rings. The highest BCUT2D eigenvalue weighted by Gasteiger charge is 2.28. The van der Waals surface area contributed by atoms with Gasteiger partial charge in [0.1, 0.15) is 11.8 Å². The van der Waals surface area contributed by atoms with Crippen LogP contribution in [0.1, 0.15) is 19.8 Å². The summed E-state index contributed by atoms with van der Waals surface area (Å²) in [6.07, 6.45) is 0.616. The molecule has 2 rings (SSSR count). The number of esters is 1. The third kappa shape index (κ3) is 5.20. The molecule has 1 aromatic carbocycles. The van der Waals surface area contributed by atoms with Gasteiger partial charge in [0.05, 0.1) is 12.8 Å². The molecule has 0 spiro atoms. The first-order valence-electron chi connectivity index (χ1n) is 7.60. The number of methoxy groups -OCH3 is 1. The van der Waals surface area contributed by atoms with Gasteiger partial charge in [-0.15, -0.1) is 0 Å². The first-order valence-corrected chi connectivity index (χ1v) is 7.60. The largest absolute Gasteiger partial charge is 0.495 e. The van der Waals surface area contributed by atoms with E-state index in [9.17, 15) is 19.2 Å². The molecule has 0 radical (unpaired) electrons. The van der Waals surface area contributed by atoms with Gasteiger partial charge in [0.25, 0.3) is 5.91 Å². The van der Waals surface area contributed by atoms with E-state index in [0.29, 0.717) is 23.5 Å². The third-order valence-electron chi connectivity index (χ3n) is 3.42. The first-order chi connectivity index (χ1) is 11.9. The van der Waals surface area contributed by atoms with E-state index in [-0.39, 0.29) is 18.2 Å². The number of nitrogens with one attached hydrogen (secondary N) is 3. The maximum atomic E-state index is 12.0. The molecule has 134 valence electrons. The molecule has 0 unspecified atom stereocenters. The van der Waals surface area contributed by atoms with Crippen molar-refractivity contribution < 1.29 is 28.7 Å². The Bertz CT molecular complexity index is 703. The minimum atomic E-state index is -0.710. The summed E-state index contributed by atoms with van der Waals surface area (Å²) in [5.41, 5.74) is 0.804. The van der Waals surface area contributed by atoms with Crippen LogP contribution >= 0.6 is 0 Å². The Kier molecular flexibility index (Phi) is 5.93. The molecule has 1 heterocycles. The average Bonchev–Trinajstić information content (AvgIpc) is 2.99. The maximum Gasteiger partial charge on any atom is 0.329 e. The second kappa shape index (κ2) is 8.13. The summed E-state index contributed by atoms with van der Waals surface area (Å²) in [4.78, 5) is 45.9. The van der Waals surface area contributed by atoms with Crippen molar-refractivity contribution in [3.63, 3.8) is 0 Å². The molecule has 25 heavy (non-hydrogen) atoms. The fourth-order valence-electron chi connectivity index (χ4n) is 2.30. The van der Waals surface area contributed by atoms with Crippen molar-refractivity contribution in [2.75, 3.05) is 24.4 Å². The van der Waals surface area contributed by atoms with Crippen LogP contribution in [0.4, 0.5) is 11.4 Å². The van der Waals surface area contributed by atoms with Crippen LogP contribution in [0.2, 0.25) is 0 Å². The topological polar surface area (TPSA) is 123 Å². The Labute approximate surface area is 144 Å². The Hall–Kier alpha value is -3.10. The summed E-state index contributed by atoms with van der Waals surface area (Å²) in [7, 11) is 1.44. The monoisotopic (exact) mass is 349 g/mol. The second-order valence-electron chi connectivity index (χ2n) is 5.41. The number of amides is 3. The normalized spacial score (nSPS) is 15.9. The van der Waals surface area contributed by atoms with E-state index < -0.39 is 24.5 Å². The van der Waals surface area contributed by atoms with Gasteiger partial charge in [-0.2, -0.15) is 0 Å². The van der Waals surface area contributed by atoms with Crippen molar-refractivity contribution in [2.45, 2.75) is 25.8 Å². The third-order valence-corrected chi connectivity index (χ3v) is 3.42. The molecular weight excluding hydrogens is 330 g/mol. The lowest BCUT2D eigenvalue weighted by Gasteiger charge is -2.13. The minimum Gasteiger partial charge on any atom is -0.495 e. The van der Waals surface area contributed by atoms with E-state index in [1.54, 1.807) is 12.1 Å². The van der Waals surface area contributed by atoms with Crippen LogP contribution in [0.5, 0.6) is 5.75 Å². The molecule has 0 saturated carbocycles. The van der Waals surface area contributed by atoms with Gasteiger partial charge in [-0.1, -0.05) is 0 Å². The predicted octanol–water partition coefficient (Wildman–Crippen LogP) is 0.414. The van der Waals surface area contributed by atoms with Crippen LogP contribution in [-0.4, -0.2) is 43.4 Å². The summed E-state index contributed by atoms with van der Waals surface area (Å²) in [5, 5.41) is 7.61. The fourth-order valence-corrected chi connectivity index (χ4v) is 2.30. The van der Waals surface area contributed by atoms with Crippen molar-refractivity contribution in [3.05, 3.63) is 18.2 Å². The van der Waals surface area contributed by atoms with Gasteiger partial charge in [0, 0.05) is 19.0 Å². The fraction of sp³-hybridized carbons (Fsp3) is 0.375. The number of carbonyl (C=O) groups excluding carboxylic acids is 4. The van der Waals surface area contributed by atoms with Crippen LogP contribution in [0.15, 0.2) is 18.2 Å². The van der Waals surface area contributed by atoms with Gasteiger partial charge in [0.2, 0.25) is 11.8 Å². The molecule has 9 heteroatoms. The number of benzene rings is 1. The van der Waals surface area contributed by atoms with Gasteiger partial charge < -0.3 is 25.4 Å². The zero-order chi connectivity index (χ0) is 18.4. The van der Waals surface area contributed by atoms with Gasteiger partial charge in [0.15, 0.2) is 6.61 Å². The van der Waals surface area contributed by atoms with Crippen LogP contribution in [0.3, 0.4) is 0 Å². The van der Waals surface area contributed by atoms with Crippen LogP contribution in [0.25, 0.3) is 0 Å². The predicted molar refractivity (Wildman–Crippen MR) is 88.1 cm³/mol. The molecule has 3 amide bonds. The molecule has 9 nitrogen and oxygen atoms in total. The lowest BCUT2D eigenvalue weighted by Crippen LogP contribution is -2.36. The molecule has 3 N–H and O–H groups in total. The van der Waals surface area contributed by atoms with Gasteiger partial charge in [-0.05, 0) is 24.6 Å². The number of anilines is 2. The number of rotatable bonds is 6. The van der Waals surface area contributed by atoms with Gasteiger partial charge in [-0.3, -0.25) is 14.4 Å². The average molecular weight is 349 g/mol. The molecule has 1 saturated heterocycles. The zero-order valence-electron chi connectivity index (χ0n) is 13.9. The second-order valence-corrected chi connectivity index (χ2v) is 5.41. The van der Waals surface area contributed by atoms with Crippen molar-refractivity contribution >= 4 is 35.1 Å². The van der Waals surface area contributed by atoms with E-state index in [1.165, 1.54) is 20.1 Å². The zero-order valence-corrected chi connectivity index (χ0v) is 13.9. The van der Waals surface area contributed by atoms with E-state index in [0.717, 1.165) is 0 Å². The minimum absolute atomic E-state index is 0.217. The molecule has 1 aliphatic rings. The van der Waals surface area contributed by atoms with Crippen molar-refractivity contribution in [3.8, 4) is 5.75 Å². The van der Waals surface area contributed by atoms with Crippen LogP contribution in [0, 0.1) is 0 Å². The maximum absolute atomic E-state index is 12.0. The highest BCUT2D eigenvalue weighted by Crippen LogP contribution is 2.27. The summed E-state index contributed by atoms with van der Waals surface area (Å²) in [6.45, 7) is 0.864. The highest BCUT2D eigenvalue weighted by molar-refractivity contribution is 5.96. The number of ether oxygens (including phenoxy) is 2. The Morgan fingerprint density at radius 2 is 2.04 bits per heavy atom. The number of hydrogen-bond donors (Lipinski definition) is 3. The molecule has 1 aliphatic heterocycles. The molecule has 1 atom stereocenters. The summed E-state index contributed by atoms with van der Waals surface area (Å²) >= 11 is 0. The van der Waals surface area contributed by atoms with E-state index >= 15 is 0 Å². The van der Waals surface area contributed by atoms with Crippen molar-refractivity contribution in [2.24, 2.45) is 0 Å². The number of hydrogen-bond acceptors (Lipinski definition) is 6. The van der Waals surface area contributed by atoms with E-state index in [4.69, 9.17) is 9.47 Å². The Morgan fingerprint density at radius 1 is 1.28 bits per heavy atom. The molecular formula is C16H19N3O6. The quantitative estimate of drug-likeness (QED) is 0.640. The summed E-state index contributed by atoms with van der Waals surface area (Å²) in [5.74, 6) is -1.31. The Morgan fingerprint density at radius 3 is 2.64 bits per heavy atom. The molecule has 1 aromatic rings. The van der Waals surface area contributed by atoms with E-state index in [1.807, 2.05) is 0 Å². The molecule has 0 aliphatic carbocycles. The Balaban J connectivity index is 1.93. The van der Waals surface area contributed by atoms with Crippen molar-refractivity contribution in [1.29, 1.82) is 0 Å². The smallest absolute Gasteiger partial charge is 0.329 e. The van der Waals surface area contributed by atoms with E-state index in [2.05, 4.69) is 16.0 Å². The lowest BCUT2D eigenvalue weighted by atomic mass is 10.2. The van der Waals surface area contributed by atoms with Crippen LogP contribution < -0.4 is 20.7 Å². The first kappa shape index (κ1) is 18.2. The SMILES string of the molecule is COc1ccc(NC(C)=O)cc1NC(=O)COC(=O)[C@@H]1CCC(=O)N1. The summed E-state index contributed by atoms with van der Waals surface area (Å²) < 4.78 is 10.0. The summed E-state index contributed by atoms with van der Waals surface area (Å²) in [6, 6.07) is 4.02. The molecule has 0 bridgehead atoms. The van der Waals surface area contributed by atoms with Crippen molar-refractivity contribution in [1.82, 2.24) is 5.32 Å². The van der Waals surface area contributed by atoms with Gasteiger partial charge in [-0.25, -0.2) is 4.79 Å². The standard InChI is InChI=1S/C16H19N3O6/c1-9(20)17-10-3-5-13(24-2)12(7-10)19-15(22)8-25-16(23)11-4-6-14(21)18-11/h3,5,7,11H,4,6,8H2,1-2H3,(H,17,20)(H,18,21)(H,19,22)/t11-/m0/s1. The van der Waals surface area contributed by atoms with Crippen LogP contribution in [-0.2, 0) is 23.9 Å². The van der Waals surface area contributed by atoms with Gasteiger partial charge >= 0.3 is 5.97 Å².